The molecule has 0 fully saturated rings. The predicted octanol–water partition coefficient (Wildman–Crippen LogP) is 1.16. The molecule has 3 N–H and O–H groups in total. The Kier molecular flexibility index (Phi) is 3.22. The molecule has 0 saturated carbocycles. The number of rotatable bonds is 2. The number of nitrogens with two attached hydrogens (primary N) is 1. The van der Waals surface area contributed by atoms with Crippen LogP contribution >= 0.6 is 0 Å². The topological polar surface area (TPSA) is 58.4 Å². The number of anilines is 2. The Morgan fingerprint density at radius 3 is 3.00 bits per heavy atom. The Morgan fingerprint density at radius 1 is 1.53 bits per heavy atom. The first kappa shape index (κ1) is 11.8. The molecule has 1 heterocycles. The van der Waals surface area contributed by atoms with E-state index in [0.29, 0.717) is 0 Å². The first-order valence-corrected chi connectivity index (χ1v) is 6.00. The molecule has 0 saturated heterocycles. The van der Waals surface area contributed by atoms with Gasteiger partial charge in [0.05, 0.1) is 0 Å². The minimum absolute atomic E-state index is 0.0419. The van der Waals surface area contributed by atoms with E-state index in [0.717, 1.165) is 30.8 Å². The van der Waals surface area contributed by atoms with Crippen LogP contribution < -0.4 is 16.0 Å². The van der Waals surface area contributed by atoms with Gasteiger partial charge in [-0.15, -0.1) is 0 Å². The van der Waals surface area contributed by atoms with Crippen LogP contribution in [0, 0.1) is 0 Å². The van der Waals surface area contributed by atoms with Crippen LogP contribution in [0.2, 0.25) is 0 Å². The van der Waals surface area contributed by atoms with Crippen molar-refractivity contribution in [3.8, 4) is 0 Å². The molecule has 0 bridgehead atoms. The van der Waals surface area contributed by atoms with Crippen molar-refractivity contribution in [2.24, 2.45) is 0 Å². The van der Waals surface area contributed by atoms with Gasteiger partial charge in [0.2, 0.25) is 5.91 Å². The molecule has 1 aliphatic heterocycles. The average molecular weight is 233 g/mol. The lowest BCUT2D eigenvalue weighted by Crippen LogP contribution is -2.46. The number of likely N-dealkylation sites (N-methyl/N-ethyl adjacent to an activating group) is 1. The van der Waals surface area contributed by atoms with Gasteiger partial charge >= 0.3 is 0 Å². The number of carbonyl (C=O) groups excluding carboxylic acids is 1. The number of aryl methyl sites for hydroxylation is 1. The Labute approximate surface area is 102 Å². The molecule has 1 unspecified atom stereocenters. The second-order valence-electron chi connectivity index (χ2n) is 4.48. The Hall–Kier alpha value is -1.71. The molecule has 4 heteroatoms. The Morgan fingerprint density at radius 2 is 2.29 bits per heavy atom. The molecule has 1 aromatic rings. The quantitative estimate of drug-likeness (QED) is 0.754. The molecule has 0 radical (unpaired) electrons. The number of benzene rings is 1. The van der Waals surface area contributed by atoms with Crippen LogP contribution in [-0.2, 0) is 11.2 Å². The van der Waals surface area contributed by atoms with Crippen molar-refractivity contribution in [3.63, 3.8) is 0 Å². The fourth-order valence-corrected chi connectivity index (χ4v) is 2.37. The largest absolute Gasteiger partial charge is 0.399 e. The second kappa shape index (κ2) is 4.65. The average Bonchev–Trinajstić information content (AvgIpc) is 2.36. The molecule has 92 valence electrons. The zero-order valence-corrected chi connectivity index (χ0v) is 10.4. The van der Waals surface area contributed by atoms with Gasteiger partial charge in [-0.05, 0) is 37.5 Å². The zero-order chi connectivity index (χ0) is 12.4. The highest BCUT2D eigenvalue weighted by Crippen LogP contribution is 2.30. The maximum atomic E-state index is 11.7. The van der Waals surface area contributed by atoms with Crippen LogP contribution in [0.4, 0.5) is 11.4 Å². The molecule has 4 nitrogen and oxygen atoms in total. The first-order chi connectivity index (χ1) is 8.13. The lowest BCUT2D eigenvalue weighted by molar-refractivity contribution is -0.121. The van der Waals surface area contributed by atoms with Crippen molar-refractivity contribution in [2.45, 2.75) is 25.8 Å². The van der Waals surface area contributed by atoms with Gasteiger partial charge < -0.3 is 16.0 Å². The summed E-state index contributed by atoms with van der Waals surface area (Å²) < 4.78 is 0. The van der Waals surface area contributed by atoms with Gasteiger partial charge in [-0.3, -0.25) is 4.79 Å². The molecule has 1 aromatic carbocycles. The van der Waals surface area contributed by atoms with Crippen LogP contribution in [-0.4, -0.2) is 25.5 Å². The van der Waals surface area contributed by atoms with Crippen molar-refractivity contribution < 1.29 is 4.79 Å². The SMILES string of the molecule is CNC(=O)C(C)N1CCCc2ccc(N)cc21. The van der Waals surface area contributed by atoms with Gasteiger partial charge in [0.1, 0.15) is 6.04 Å². The van der Waals surface area contributed by atoms with Crippen molar-refractivity contribution in [1.82, 2.24) is 5.32 Å². The summed E-state index contributed by atoms with van der Waals surface area (Å²) in [5.74, 6) is 0.0419. The number of nitrogen functional groups attached to an aromatic ring is 1. The van der Waals surface area contributed by atoms with Crippen LogP contribution in [0.25, 0.3) is 0 Å². The number of fused-ring (bicyclic) bond motifs is 1. The van der Waals surface area contributed by atoms with E-state index in [2.05, 4.69) is 16.3 Å². The lowest BCUT2D eigenvalue weighted by atomic mass is 9.99. The minimum atomic E-state index is -0.152. The molecular weight excluding hydrogens is 214 g/mol. The highest BCUT2D eigenvalue weighted by atomic mass is 16.2. The van der Waals surface area contributed by atoms with Gasteiger partial charge in [-0.2, -0.15) is 0 Å². The van der Waals surface area contributed by atoms with Gasteiger partial charge in [0, 0.05) is 25.0 Å². The smallest absolute Gasteiger partial charge is 0.242 e. The molecule has 0 aliphatic carbocycles. The summed E-state index contributed by atoms with van der Waals surface area (Å²) in [6.45, 7) is 2.84. The molecule has 17 heavy (non-hydrogen) atoms. The van der Waals surface area contributed by atoms with E-state index in [1.54, 1.807) is 7.05 Å². The monoisotopic (exact) mass is 233 g/mol. The maximum Gasteiger partial charge on any atom is 0.242 e. The molecule has 0 aromatic heterocycles. The van der Waals surface area contributed by atoms with Gasteiger partial charge in [0.25, 0.3) is 0 Å². The summed E-state index contributed by atoms with van der Waals surface area (Å²) in [5.41, 5.74) is 8.96. The number of amides is 1. The zero-order valence-electron chi connectivity index (χ0n) is 10.4. The van der Waals surface area contributed by atoms with Crippen LogP contribution in [0.3, 0.4) is 0 Å². The van der Waals surface area contributed by atoms with E-state index >= 15 is 0 Å². The summed E-state index contributed by atoms with van der Waals surface area (Å²) in [6, 6.07) is 5.80. The Balaban J connectivity index is 2.33. The number of hydrogen-bond acceptors (Lipinski definition) is 3. The number of hydrogen-bond donors (Lipinski definition) is 2. The summed E-state index contributed by atoms with van der Waals surface area (Å²) >= 11 is 0. The van der Waals surface area contributed by atoms with Gasteiger partial charge in [-0.1, -0.05) is 6.07 Å². The first-order valence-electron chi connectivity index (χ1n) is 6.00. The lowest BCUT2D eigenvalue weighted by Gasteiger charge is -2.35. The number of nitrogens with zero attached hydrogens (tertiary/aromatic N) is 1. The van der Waals surface area contributed by atoms with E-state index in [-0.39, 0.29) is 11.9 Å². The van der Waals surface area contributed by atoms with Crippen molar-refractivity contribution in [1.29, 1.82) is 0 Å². The van der Waals surface area contributed by atoms with Gasteiger partial charge in [-0.25, -0.2) is 0 Å². The predicted molar refractivity (Wildman–Crippen MR) is 70.1 cm³/mol. The normalized spacial score (nSPS) is 16.2. The van der Waals surface area contributed by atoms with Crippen LogP contribution in [0.5, 0.6) is 0 Å². The molecular formula is C13H19N3O. The minimum Gasteiger partial charge on any atom is -0.399 e. The van der Waals surface area contributed by atoms with E-state index < -0.39 is 0 Å². The second-order valence-corrected chi connectivity index (χ2v) is 4.48. The molecule has 1 atom stereocenters. The van der Waals surface area contributed by atoms with E-state index in [4.69, 9.17) is 5.73 Å². The third kappa shape index (κ3) is 2.20. The summed E-state index contributed by atoms with van der Waals surface area (Å²) in [7, 11) is 1.67. The number of carbonyl (C=O) groups is 1. The molecule has 0 spiro atoms. The number of nitrogens with one attached hydrogen (secondary N) is 1. The third-order valence-electron chi connectivity index (χ3n) is 3.36. The van der Waals surface area contributed by atoms with Gasteiger partial charge in [0.15, 0.2) is 0 Å². The molecule has 1 aliphatic rings. The van der Waals surface area contributed by atoms with Crippen molar-refractivity contribution in [2.75, 3.05) is 24.2 Å². The van der Waals surface area contributed by atoms with E-state index in [1.807, 2.05) is 19.1 Å². The van der Waals surface area contributed by atoms with Crippen molar-refractivity contribution in [3.05, 3.63) is 23.8 Å². The summed E-state index contributed by atoms with van der Waals surface area (Å²) in [6.07, 6.45) is 2.14. The molecule has 2 rings (SSSR count). The third-order valence-corrected chi connectivity index (χ3v) is 3.36. The highest BCUT2D eigenvalue weighted by Gasteiger charge is 2.25. The molecule has 1 amide bonds. The fourth-order valence-electron chi connectivity index (χ4n) is 2.37. The summed E-state index contributed by atoms with van der Waals surface area (Å²) in [5, 5.41) is 2.70. The fraction of sp³-hybridized carbons (Fsp3) is 0.462. The van der Waals surface area contributed by atoms with E-state index in [9.17, 15) is 4.79 Å². The standard InChI is InChI=1S/C13H19N3O/c1-9(13(17)15-2)16-7-3-4-10-5-6-11(14)8-12(10)16/h5-6,8-9H,3-4,7,14H2,1-2H3,(H,15,17). The highest BCUT2D eigenvalue weighted by molar-refractivity contribution is 5.85. The van der Waals surface area contributed by atoms with Crippen LogP contribution in [0.1, 0.15) is 18.9 Å². The Bertz CT molecular complexity index is 431. The van der Waals surface area contributed by atoms with Crippen LogP contribution in [0.15, 0.2) is 18.2 Å². The van der Waals surface area contributed by atoms with E-state index in [1.165, 1.54) is 5.56 Å². The van der Waals surface area contributed by atoms with Crippen molar-refractivity contribution >= 4 is 17.3 Å². The maximum absolute atomic E-state index is 11.7. The summed E-state index contributed by atoms with van der Waals surface area (Å²) in [4.78, 5) is 13.9.